The van der Waals surface area contributed by atoms with E-state index in [0.29, 0.717) is 17.1 Å². The van der Waals surface area contributed by atoms with Crippen LogP contribution in [0, 0.1) is 6.92 Å². The number of carbonyl (C=O) groups excluding carboxylic acids is 2. The van der Waals surface area contributed by atoms with Crippen molar-refractivity contribution in [1.29, 1.82) is 0 Å². The summed E-state index contributed by atoms with van der Waals surface area (Å²) in [5.74, 6) is -0.787. The third-order valence-electron chi connectivity index (χ3n) is 6.08. The second kappa shape index (κ2) is 12.7. The standard InChI is InChI=1S/C30H36ClN3O4S/c1-6-27(29(36)32-30(3,4)5)33(20-23-14-12-22(2)13-15-23)28(35)21-34(25-10-8-7-9-11-25)39(37,38)26-18-16-24(31)17-19-26/h7-19,27H,6,20-21H2,1-5H3,(H,32,36)/t27-/m0/s1. The van der Waals surface area contributed by atoms with E-state index in [1.54, 1.807) is 30.3 Å². The lowest BCUT2D eigenvalue weighted by Crippen LogP contribution is -2.55. The van der Waals surface area contributed by atoms with Crippen molar-refractivity contribution in [2.24, 2.45) is 0 Å². The Morgan fingerprint density at radius 3 is 2.05 bits per heavy atom. The normalized spacial score (nSPS) is 12.5. The predicted molar refractivity (Wildman–Crippen MR) is 156 cm³/mol. The lowest BCUT2D eigenvalue weighted by atomic mass is 10.1. The summed E-state index contributed by atoms with van der Waals surface area (Å²) in [7, 11) is -4.13. The van der Waals surface area contributed by atoms with Crippen LogP contribution in [-0.4, -0.2) is 43.3 Å². The minimum atomic E-state index is -4.13. The first-order valence-electron chi connectivity index (χ1n) is 12.8. The molecule has 39 heavy (non-hydrogen) atoms. The van der Waals surface area contributed by atoms with E-state index in [4.69, 9.17) is 11.6 Å². The number of benzene rings is 3. The molecule has 0 spiro atoms. The summed E-state index contributed by atoms with van der Waals surface area (Å²) in [6, 6.07) is 21.2. The van der Waals surface area contributed by atoms with Crippen LogP contribution in [0.2, 0.25) is 5.02 Å². The Balaban J connectivity index is 2.04. The van der Waals surface area contributed by atoms with Crippen LogP contribution < -0.4 is 9.62 Å². The highest BCUT2D eigenvalue weighted by molar-refractivity contribution is 7.92. The van der Waals surface area contributed by atoms with Gasteiger partial charge in [-0.3, -0.25) is 13.9 Å². The zero-order chi connectivity index (χ0) is 28.8. The maximum Gasteiger partial charge on any atom is 0.264 e. The molecule has 1 atom stereocenters. The van der Waals surface area contributed by atoms with Gasteiger partial charge in [0.1, 0.15) is 12.6 Å². The highest BCUT2D eigenvalue weighted by Crippen LogP contribution is 2.25. The summed E-state index contributed by atoms with van der Waals surface area (Å²) in [6.45, 7) is 9.09. The molecule has 0 saturated heterocycles. The number of para-hydroxylation sites is 1. The highest BCUT2D eigenvalue weighted by atomic mass is 35.5. The number of nitrogens with zero attached hydrogens (tertiary/aromatic N) is 2. The number of carbonyl (C=O) groups is 2. The molecule has 0 aliphatic heterocycles. The second-order valence-electron chi connectivity index (χ2n) is 10.5. The minimum absolute atomic E-state index is 0.00570. The third-order valence-corrected chi connectivity index (χ3v) is 8.12. The Bertz CT molecular complexity index is 1370. The molecule has 0 fully saturated rings. The summed E-state index contributed by atoms with van der Waals surface area (Å²) in [5.41, 5.74) is 1.74. The van der Waals surface area contributed by atoms with Crippen molar-refractivity contribution in [3.8, 4) is 0 Å². The number of aryl methyl sites for hydroxylation is 1. The fraction of sp³-hybridized carbons (Fsp3) is 0.333. The van der Waals surface area contributed by atoms with Gasteiger partial charge in [-0.15, -0.1) is 0 Å². The van der Waals surface area contributed by atoms with Crippen molar-refractivity contribution >= 4 is 39.1 Å². The molecule has 2 amide bonds. The number of rotatable bonds is 10. The first-order chi connectivity index (χ1) is 18.3. The molecular weight excluding hydrogens is 534 g/mol. The lowest BCUT2D eigenvalue weighted by Gasteiger charge is -2.34. The third kappa shape index (κ3) is 8.07. The van der Waals surface area contributed by atoms with Gasteiger partial charge in [-0.05, 0) is 76.1 Å². The van der Waals surface area contributed by atoms with E-state index in [2.05, 4.69) is 5.32 Å². The van der Waals surface area contributed by atoms with Gasteiger partial charge in [-0.1, -0.05) is 66.6 Å². The van der Waals surface area contributed by atoms with Gasteiger partial charge in [0, 0.05) is 17.1 Å². The van der Waals surface area contributed by atoms with Gasteiger partial charge in [0.2, 0.25) is 11.8 Å². The zero-order valence-corrected chi connectivity index (χ0v) is 24.6. The average molecular weight is 570 g/mol. The van der Waals surface area contributed by atoms with Crippen LogP contribution in [0.4, 0.5) is 5.69 Å². The Morgan fingerprint density at radius 1 is 0.923 bits per heavy atom. The van der Waals surface area contributed by atoms with Crippen molar-refractivity contribution < 1.29 is 18.0 Å². The molecule has 1 N–H and O–H groups in total. The second-order valence-corrected chi connectivity index (χ2v) is 12.8. The fourth-order valence-corrected chi connectivity index (χ4v) is 5.66. The first-order valence-corrected chi connectivity index (χ1v) is 14.6. The van der Waals surface area contributed by atoms with Crippen LogP contribution in [0.25, 0.3) is 0 Å². The number of amides is 2. The number of hydrogen-bond acceptors (Lipinski definition) is 4. The molecule has 3 rings (SSSR count). The predicted octanol–water partition coefficient (Wildman–Crippen LogP) is 5.57. The summed E-state index contributed by atoms with van der Waals surface area (Å²) in [5, 5.41) is 3.37. The molecule has 0 aliphatic carbocycles. The van der Waals surface area contributed by atoms with Crippen molar-refractivity contribution in [2.75, 3.05) is 10.8 Å². The van der Waals surface area contributed by atoms with Crippen molar-refractivity contribution in [3.05, 3.63) is 95.0 Å². The molecule has 0 heterocycles. The van der Waals surface area contributed by atoms with Gasteiger partial charge in [0.05, 0.1) is 10.6 Å². The molecule has 3 aromatic carbocycles. The molecule has 3 aromatic rings. The molecule has 0 aromatic heterocycles. The maximum absolute atomic E-state index is 14.0. The van der Waals surface area contributed by atoms with E-state index in [-0.39, 0.29) is 17.3 Å². The smallest absolute Gasteiger partial charge is 0.264 e. The fourth-order valence-electron chi connectivity index (χ4n) is 4.12. The molecule has 208 valence electrons. The van der Waals surface area contributed by atoms with E-state index in [1.165, 1.54) is 29.2 Å². The number of sulfonamides is 1. The van der Waals surface area contributed by atoms with E-state index in [0.717, 1.165) is 15.4 Å². The Kier molecular flexibility index (Phi) is 9.80. The Labute approximate surface area is 236 Å². The highest BCUT2D eigenvalue weighted by Gasteiger charge is 2.34. The maximum atomic E-state index is 14.0. The first kappa shape index (κ1) is 30.2. The molecule has 0 unspecified atom stereocenters. The van der Waals surface area contributed by atoms with Crippen LogP contribution >= 0.6 is 11.6 Å². The van der Waals surface area contributed by atoms with Gasteiger partial charge >= 0.3 is 0 Å². The monoisotopic (exact) mass is 569 g/mol. The zero-order valence-electron chi connectivity index (χ0n) is 23.0. The lowest BCUT2D eigenvalue weighted by molar-refractivity contribution is -0.141. The summed E-state index contributed by atoms with van der Waals surface area (Å²) >= 11 is 5.99. The molecular formula is C30H36ClN3O4S. The minimum Gasteiger partial charge on any atom is -0.350 e. The summed E-state index contributed by atoms with van der Waals surface area (Å²) in [4.78, 5) is 28.8. The summed E-state index contributed by atoms with van der Waals surface area (Å²) < 4.78 is 28.7. The number of hydrogen-bond donors (Lipinski definition) is 1. The number of anilines is 1. The summed E-state index contributed by atoms with van der Waals surface area (Å²) in [6.07, 6.45) is 0.356. The largest absolute Gasteiger partial charge is 0.350 e. The van der Waals surface area contributed by atoms with E-state index in [1.807, 2.05) is 58.9 Å². The van der Waals surface area contributed by atoms with E-state index in [9.17, 15) is 18.0 Å². The van der Waals surface area contributed by atoms with Gasteiger partial charge in [-0.2, -0.15) is 0 Å². The van der Waals surface area contributed by atoms with Gasteiger partial charge in [0.15, 0.2) is 0 Å². The SMILES string of the molecule is CC[C@@H](C(=O)NC(C)(C)C)N(Cc1ccc(C)cc1)C(=O)CN(c1ccccc1)S(=O)(=O)c1ccc(Cl)cc1. The molecule has 7 nitrogen and oxygen atoms in total. The quantitative estimate of drug-likeness (QED) is 0.346. The van der Waals surface area contributed by atoms with Crippen LogP contribution in [0.5, 0.6) is 0 Å². The topological polar surface area (TPSA) is 86.8 Å². The number of nitrogens with one attached hydrogen (secondary N) is 1. The van der Waals surface area contributed by atoms with Gasteiger partial charge in [-0.25, -0.2) is 8.42 Å². The van der Waals surface area contributed by atoms with Crippen LogP contribution in [0.3, 0.4) is 0 Å². The molecule has 0 bridgehead atoms. The Hall–Kier alpha value is -3.36. The van der Waals surface area contributed by atoms with Crippen molar-refractivity contribution in [1.82, 2.24) is 10.2 Å². The molecule has 0 aliphatic rings. The van der Waals surface area contributed by atoms with E-state index >= 15 is 0 Å². The molecule has 9 heteroatoms. The molecule has 0 saturated carbocycles. The van der Waals surface area contributed by atoms with Crippen molar-refractivity contribution in [2.45, 2.75) is 64.1 Å². The van der Waals surface area contributed by atoms with Crippen LogP contribution in [-0.2, 0) is 26.2 Å². The van der Waals surface area contributed by atoms with Gasteiger partial charge in [0.25, 0.3) is 10.0 Å². The van der Waals surface area contributed by atoms with Gasteiger partial charge < -0.3 is 10.2 Å². The van der Waals surface area contributed by atoms with E-state index < -0.39 is 34.1 Å². The Morgan fingerprint density at radius 2 is 1.51 bits per heavy atom. The van der Waals surface area contributed by atoms with Crippen molar-refractivity contribution in [3.63, 3.8) is 0 Å². The number of halogens is 1. The van der Waals surface area contributed by atoms with Crippen LogP contribution in [0.1, 0.15) is 45.2 Å². The average Bonchev–Trinajstić information content (AvgIpc) is 2.87. The van der Waals surface area contributed by atoms with Crippen LogP contribution in [0.15, 0.2) is 83.8 Å². The molecule has 0 radical (unpaired) electrons.